The second-order valence-corrected chi connectivity index (χ2v) is 5.64. The molecule has 1 aromatic heterocycles. The van der Waals surface area contributed by atoms with Gasteiger partial charge in [-0.1, -0.05) is 25.9 Å². The normalized spacial score (nSPS) is 14.6. The lowest BCUT2D eigenvalue weighted by Gasteiger charge is -2.13. The van der Waals surface area contributed by atoms with Crippen molar-refractivity contribution in [3.05, 3.63) is 5.89 Å². The fourth-order valence-corrected chi connectivity index (χ4v) is 1.78. The van der Waals surface area contributed by atoms with Crippen LogP contribution in [-0.4, -0.2) is 22.8 Å². The lowest BCUT2D eigenvalue weighted by Crippen LogP contribution is -2.19. The van der Waals surface area contributed by atoms with E-state index in [1.54, 1.807) is 0 Å². The highest BCUT2D eigenvalue weighted by atomic mass is 16.4. The van der Waals surface area contributed by atoms with Gasteiger partial charge in [0.25, 0.3) is 0 Å². The zero-order valence-corrected chi connectivity index (χ0v) is 12.9. The topological polar surface area (TPSA) is 63.0 Å². The van der Waals surface area contributed by atoms with E-state index in [1.165, 1.54) is 6.42 Å². The van der Waals surface area contributed by atoms with Gasteiger partial charge in [0.1, 0.15) is 0 Å². The largest absolute Gasteiger partial charge is 0.406 e. The molecular formula is C14H28N4O. The summed E-state index contributed by atoms with van der Waals surface area (Å²) in [5, 5.41) is 14.7. The molecule has 2 unspecified atom stereocenters. The zero-order valence-electron chi connectivity index (χ0n) is 12.9. The molecule has 5 heteroatoms. The van der Waals surface area contributed by atoms with Crippen LogP contribution in [-0.2, 0) is 0 Å². The standard InChI is InChI=1S/C14H28N4O/c1-6-9-15-12(5)13-17-18-14(19-13)16-11(4)8-7-10(2)3/h10-12,15H,6-9H2,1-5H3,(H,16,18). The first-order valence-electron chi connectivity index (χ1n) is 7.36. The Bertz CT molecular complexity index is 351. The van der Waals surface area contributed by atoms with Crippen molar-refractivity contribution >= 4 is 6.01 Å². The van der Waals surface area contributed by atoms with Crippen LogP contribution < -0.4 is 10.6 Å². The summed E-state index contributed by atoms with van der Waals surface area (Å²) in [5.41, 5.74) is 0. The third kappa shape index (κ3) is 6.05. The molecular weight excluding hydrogens is 240 g/mol. The summed E-state index contributed by atoms with van der Waals surface area (Å²) in [4.78, 5) is 0. The first kappa shape index (κ1) is 16.0. The van der Waals surface area contributed by atoms with E-state index in [-0.39, 0.29) is 6.04 Å². The zero-order chi connectivity index (χ0) is 14.3. The van der Waals surface area contributed by atoms with Crippen LogP contribution >= 0.6 is 0 Å². The van der Waals surface area contributed by atoms with Gasteiger partial charge < -0.3 is 15.1 Å². The number of nitrogens with one attached hydrogen (secondary N) is 2. The Morgan fingerprint density at radius 1 is 1.11 bits per heavy atom. The summed E-state index contributed by atoms with van der Waals surface area (Å²) in [7, 11) is 0. The van der Waals surface area contributed by atoms with E-state index in [0.717, 1.165) is 25.3 Å². The average Bonchev–Trinajstić information content (AvgIpc) is 2.82. The molecule has 2 atom stereocenters. The molecule has 0 aromatic carbocycles. The van der Waals surface area contributed by atoms with Gasteiger partial charge in [-0.25, -0.2) is 0 Å². The minimum Gasteiger partial charge on any atom is -0.406 e. The van der Waals surface area contributed by atoms with Crippen LogP contribution in [0.25, 0.3) is 0 Å². The van der Waals surface area contributed by atoms with Crippen molar-refractivity contribution in [3.8, 4) is 0 Å². The summed E-state index contributed by atoms with van der Waals surface area (Å²) < 4.78 is 5.62. The molecule has 2 N–H and O–H groups in total. The van der Waals surface area contributed by atoms with Gasteiger partial charge in [0.2, 0.25) is 5.89 Å². The Morgan fingerprint density at radius 3 is 2.47 bits per heavy atom. The van der Waals surface area contributed by atoms with Gasteiger partial charge in [-0.05, 0) is 45.6 Å². The Morgan fingerprint density at radius 2 is 1.84 bits per heavy atom. The molecule has 0 amide bonds. The molecule has 19 heavy (non-hydrogen) atoms. The van der Waals surface area contributed by atoms with Crippen molar-refractivity contribution in [2.45, 2.75) is 66.0 Å². The van der Waals surface area contributed by atoms with E-state index in [0.29, 0.717) is 17.9 Å². The van der Waals surface area contributed by atoms with Gasteiger partial charge in [0.05, 0.1) is 6.04 Å². The van der Waals surface area contributed by atoms with Gasteiger partial charge >= 0.3 is 6.01 Å². The first-order valence-corrected chi connectivity index (χ1v) is 7.36. The van der Waals surface area contributed by atoms with Crippen molar-refractivity contribution in [3.63, 3.8) is 0 Å². The van der Waals surface area contributed by atoms with Crippen molar-refractivity contribution in [1.29, 1.82) is 0 Å². The second-order valence-electron chi connectivity index (χ2n) is 5.64. The number of aromatic nitrogens is 2. The molecule has 110 valence electrons. The van der Waals surface area contributed by atoms with E-state index in [1.807, 2.05) is 6.92 Å². The molecule has 0 spiro atoms. The second kappa shape index (κ2) is 8.15. The summed E-state index contributed by atoms with van der Waals surface area (Å²) in [6.07, 6.45) is 3.40. The van der Waals surface area contributed by atoms with Crippen LogP contribution in [0.2, 0.25) is 0 Å². The molecule has 0 aliphatic heterocycles. The lowest BCUT2D eigenvalue weighted by molar-refractivity contribution is 0.419. The van der Waals surface area contributed by atoms with E-state index in [9.17, 15) is 0 Å². The Hall–Kier alpha value is -1.10. The summed E-state index contributed by atoms with van der Waals surface area (Å²) in [5.74, 6) is 1.37. The van der Waals surface area contributed by atoms with Crippen LogP contribution in [0.15, 0.2) is 4.42 Å². The Kier molecular flexibility index (Phi) is 6.84. The highest BCUT2D eigenvalue weighted by Crippen LogP contribution is 2.16. The molecule has 0 aliphatic rings. The summed E-state index contributed by atoms with van der Waals surface area (Å²) in [6, 6.07) is 0.986. The van der Waals surface area contributed by atoms with Gasteiger partial charge in [-0.3, -0.25) is 0 Å². The van der Waals surface area contributed by atoms with E-state index in [4.69, 9.17) is 4.42 Å². The number of anilines is 1. The molecule has 0 saturated carbocycles. The monoisotopic (exact) mass is 268 g/mol. The van der Waals surface area contributed by atoms with Crippen LogP contribution in [0, 0.1) is 5.92 Å². The van der Waals surface area contributed by atoms with Crippen molar-refractivity contribution in [2.75, 3.05) is 11.9 Å². The summed E-state index contributed by atoms with van der Waals surface area (Å²) in [6.45, 7) is 11.7. The van der Waals surface area contributed by atoms with E-state index < -0.39 is 0 Å². The highest BCUT2D eigenvalue weighted by Gasteiger charge is 2.14. The number of rotatable bonds is 9. The third-order valence-electron chi connectivity index (χ3n) is 3.06. The molecule has 0 fully saturated rings. The predicted octanol–water partition coefficient (Wildman–Crippen LogP) is 3.37. The molecule has 1 aromatic rings. The minimum absolute atomic E-state index is 0.106. The quantitative estimate of drug-likeness (QED) is 0.719. The van der Waals surface area contributed by atoms with Gasteiger partial charge in [-0.2, -0.15) is 0 Å². The van der Waals surface area contributed by atoms with Crippen molar-refractivity contribution in [1.82, 2.24) is 15.5 Å². The van der Waals surface area contributed by atoms with Crippen LogP contribution in [0.3, 0.4) is 0 Å². The fourth-order valence-electron chi connectivity index (χ4n) is 1.78. The molecule has 0 aliphatic carbocycles. The van der Waals surface area contributed by atoms with Crippen LogP contribution in [0.1, 0.15) is 65.8 Å². The third-order valence-corrected chi connectivity index (χ3v) is 3.06. The van der Waals surface area contributed by atoms with E-state index >= 15 is 0 Å². The van der Waals surface area contributed by atoms with Crippen LogP contribution in [0.4, 0.5) is 6.01 Å². The van der Waals surface area contributed by atoms with Gasteiger partial charge in [0, 0.05) is 6.04 Å². The minimum atomic E-state index is 0.106. The predicted molar refractivity (Wildman–Crippen MR) is 78.2 cm³/mol. The molecule has 5 nitrogen and oxygen atoms in total. The molecule has 0 saturated heterocycles. The Labute approximate surface area is 116 Å². The van der Waals surface area contributed by atoms with Gasteiger partial charge in [0.15, 0.2) is 0 Å². The average molecular weight is 268 g/mol. The smallest absolute Gasteiger partial charge is 0.315 e. The molecule has 0 radical (unpaired) electrons. The SMILES string of the molecule is CCCNC(C)c1nnc(NC(C)CCC(C)C)o1. The fraction of sp³-hybridized carbons (Fsp3) is 0.857. The number of nitrogens with zero attached hydrogens (tertiary/aromatic N) is 2. The first-order chi connectivity index (χ1) is 9.02. The molecule has 1 heterocycles. The molecule has 1 rings (SSSR count). The summed E-state index contributed by atoms with van der Waals surface area (Å²) >= 11 is 0. The highest BCUT2D eigenvalue weighted by molar-refractivity contribution is 5.19. The molecule has 0 bridgehead atoms. The van der Waals surface area contributed by atoms with Crippen LogP contribution in [0.5, 0.6) is 0 Å². The van der Waals surface area contributed by atoms with Gasteiger partial charge in [-0.15, -0.1) is 5.10 Å². The van der Waals surface area contributed by atoms with Crippen molar-refractivity contribution in [2.24, 2.45) is 5.92 Å². The number of hydrogen-bond acceptors (Lipinski definition) is 5. The maximum Gasteiger partial charge on any atom is 0.315 e. The van der Waals surface area contributed by atoms with Crippen molar-refractivity contribution < 1.29 is 4.42 Å². The number of hydrogen-bond donors (Lipinski definition) is 2. The maximum absolute atomic E-state index is 5.62. The lowest BCUT2D eigenvalue weighted by atomic mass is 10.0. The maximum atomic E-state index is 5.62. The Balaban J connectivity index is 2.41. The van der Waals surface area contributed by atoms with E-state index in [2.05, 4.69) is 48.5 Å².